The molecule has 1 saturated heterocycles. The van der Waals surface area contributed by atoms with Crippen LogP contribution in [0.25, 0.3) is 0 Å². The normalized spacial score (nSPS) is 20.2. The number of hydrogen-bond acceptors (Lipinski definition) is 5. The number of rotatable bonds is 4. The summed E-state index contributed by atoms with van der Waals surface area (Å²) in [5.41, 5.74) is 0.425. The third-order valence-electron chi connectivity index (χ3n) is 3.43. The van der Waals surface area contributed by atoms with Crippen LogP contribution in [-0.4, -0.2) is 51.4 Å². The van der Waals surface area contributed by atoms with Gasteiger partial charge in [0.05, 0.1) is 11.4 Å². The molecular weight excluding hydrogens is 292 g/mol. The number of primary sulfonamides is 1. The number of nitrogens with zero attached hydrogens (tertiary/aromatic N) is 1. The SMILES string of the molecule is C[C@H]1CNCCN1CC(=O)Nc1cccc(S(N)(=O)=O)c1. The zero-order valence-corrected chi connectivity index (χ0v) is 12.7. The van der Waals surface area contributed by atoms with Crippen LogP contribution in [0.3, 0.4) is 0 Å². The number of anilines is 1. The number of nitrogens with two attached hydrogens (primary N) is 1. The van der Waals surface area contributed by atoms with Crippen molar-refractivity contribution in [1.29, 1.82) is 0 Å². The molecule has 1 amide bonds. The van der Waals surface area contributed by atoms with Crippen LogP contribution in [0.2, 0.25) is 0 Å². The third kappa shape index (κ3) is 4.50. The average molecular weight is 312 g/mol. The van der Waals surface area contributed by atoms with E-state index < -0.39 is 10.0 Å². The molecular formula is C13H20N4O3S. The van der Waals surface area contributed by atoms with Crippen molar-refractivity contribution in [3.8, 4) is 0 Å². The lowest BCUT2D eigenvalue weighted by Crippen LogP contribution is -2.51. The Kier molecular flexibility index (Phi) is 4.94. The lowest BCUT2D eigenvalue weighted by atomic mass is 10.2. The second kappa shape index (κ2) is 6.52. The fourth-order valence-corrected chi connectivity index (χ4v) is 2.81. The molecule has 0 bridgehead atoms. The van der Waals surface area contributed by atoms with Gasteiger partial charge in [0.25, 0.3) is 0 Å². The van der Waals surface area contributed by atoms with Gasteiger partial charge in [-0.1, -0.05) is 6.07 Å². The van der Waals surface area contributed by atoms with Gasteiger partial charge >= 0.3 is 0 Å². The second-order valence-electron chi connectivity index (χ2n) is 5.14. The molecule has 116 valence electrons. The predicted octanol–water partition coefficient (Wildman–Crippen LogP) is -0.434. The van der Waals surface area contributed by atoms with Crippen LogP contribution >= 0.6 is 0 Å². The fourth-order valence-electron chi connectivity index (χ4n) is 2.25. The summed E-state index contributed by atoms with van der Waals surface area (Å²) in [5, 5.41) is 11.0. The van der Waals surface area contributed by atoms with Gasteiger partial charge in [-0.2, -0.15) is 0 Å². The Morgan fingerprint density at radius 2 is 2.29 bits per heavy atom. The van der Waals surface area contributed by atoms with Crippen molar-refractivity contribution in [2.24, 2.45) is 5.14 Å². The number of nitrogens with one attached hydrogen (secondary N) is 2. The molecule has 21 heavy (non-hydrogen) atoms. The van der Waals surface area contributed by atoms with Crippen LogP contribution in [0.5, 0.6) is 0 Å². The summed E-state index contributed by atoms with van der Waals surface area (Å²) in [6.07, 6.45) is 0. The second-order valence-corrected chi connectivity index (χ2v) is 6.71. The lowest BCUT2D eigenvalue weighted by Gasteiger charge is -2.33. The predicted molar refractivity (Wildman–Crippen MR) is 80.3 cm³/mol. The van der Waals surface area contributed by atoms with E-state index in [4.69, 9.17) is 5.14 Å². The van der Waals surface area contributed by atoms with Crippen LogP contribution in [0, 0.1) is 0 Å². The monoisotopic (exact) mass is 312 g/mol. The topological polar surface area (TPSA) is 105 Å². The van der Waals surface area contributed by atoms with Gasteiger partial charge in [0.15, 0.2) is 0 Å². The van der Waals surface area contributed by atoms with Gasteiger partial charge in [0, 0.05) is 31.4 Å². The van der Waals surface area contributed by atoms with E-state index in [0.29, 0.717) is 11.7 Å². The van der Waals surface area contributed by atoms with E-state index in [-0.39, 0.29) is 17.3 Å². The molecule has 0 unspecified atom stereocenters. The number of carbonyl (C=O) groups is 1. The standard InChI is InChI=1S/C13H20N4O3S/c1-10-8-15-5-6-17(10)9-13(18)16-11-3-2-4-12(7-11)21(14,19)20/h2-4,7,10,15H,5-6,8-9H2,1H3,(H,16,18)(H2,14,19,20)/t10-/m0/s1. The number of carbonyl (C=O) groups excluding carboxylic acids is 1. The molecule has 1 heterocycles. The first kappa shape index (κ1) is 15.9. The lowest BCUT2D eigenvalue weighted by molar-refractivity contribution is -0.118. The Hall–Kier alpha value is -1.48. The smallest absolute Gasteiger partial charge is 0.238 e. The van der Waals surface area contributed by atoms with Crippen molar-refractivity contribution < 1.29 is 13.2 Å². The Bertz CT molecular complexity index is 618. The number of piperazine rings is 1. The summed E-state index contributed by atoms with van der Waals surface area (Å²) in [5.74, 6) is -0.171. The summed E-state index contributed by atoms with van der Waals surface area (Å²) in [6, 6.07) is 6.22. The van der Waals surface area contributed by atoms with Gasteiger partial charge in [0.1, 0.15) is 0 Å². The molecule has 1 aliphatic heterocycles. The summed E-state index contributed by atoms with van der Waals surface area (Å²) in [6.45, 7) is 4.86. The molecule has 0 radical (unpaired) electrons. The first-order chi connectivity index (χ1) is 9.86. The van der Waals surface area contributed by atoms with Crippen molar-refractivity contribution in [2.45, 2.75) is 17.9 Å². The molecule has 1 aromatic rings. The molecule has 0 aliphatic carbocycles. The molecule has 1 aromatic carbocycles. The van der Waals surface area contributed by atoms with Crippen molar-refractivity contribution in [3.05, 3.63) is 24.3 Å². The minimum Gasteiger partial charge on any atom is -0.325 e. The van der Waals surface area contributed by atoms with E-state index in [1.165, 1.54) is 12.1 Å². The Morgan fingerprint density at radius 3 is 2.95 bits per heavy atom. The van der Waals surface area contributed by atoms with E-state index in [1.54, 1.807) is 12.1 Å². The van der Waals surface area contributed by atoms with Crippen molar-refractivity contribution in [3.63, 3.8) is 0 Å². The average Bonchev–Trinajstić information content (AvgIpc) is 2.41. The highest BCUT2D eigenvalue weighted by Crippen LogP contribution is 2.14. The zero-order chi connectivity index (χ0) is 15.5. The molecule has 0 aromatic heterocycles. The highest BCUT2D eigenvalue weighted by molar-refractivity contribution is 7.89. The summed E-state index contributed by atoms with van der Waals surface area (Å²) < 4.78 is 22.6. The van der Waals surface area contributed by atoms with Crippen LogP contribution in [0.15, 0.2) is 29.2 Å². The fraction of sp³-hybridized carbons (Fsp3) is 0.462. The van der Waals surface area contributed by atoms with E-state index in [2.05, 4.69) is 22.5 Å². The molecule has 4 N–H and O–H groups in total. The quantitative estimate of drug-likeness (QED) is 0.699. The Balaban J connectivity index is 1.99. The number of benzene rings is 1. The molecule has 7 nitrogen and oxygen atoms in total. The molecule has 2 rings (SSSR count). The van der Waals surface area contributed by atoms with E-state index >= 15 is 0 Å². The molecule has 1 atom stereocenters. The zero-order valence-electron chi connectivity index (χ0n) is 11.9. The van der Waals surface area contributed by atoms with Crippen LogP contribution in [0.1, 0.15) is 6.92 Å². The Labute approximate surface area is 124 Å². The minimum absolute atomic E-state index is 0.0177. The van der Waals surface area contributed by atoms with Gasteiger partial charge < -0.3 is 10.6 Å². The van der Waals surface area contributed by atoms with Gasteiger partial charge in [-0.25, -0.2) is 13.6 Å². The van der Waals surface area contributed by atoms with Crippen LogP contribution in [0.4, 0.5) is 5.69 Å². The van der Waals surface area contributed by atoms with Gasteiger partial charge in [-0.15, -0.1) is 0 Å². The van der Waals surface area contributed by atoms with Crippen molar-refractivity contribution in [1.82, 2.24) is 10.2 Å². The summed E-state index contributed by atoms with van der Waals surface area (Å²) in [4.78, 5) is 14.1. The van der Waals surface area contributed by atoms with E-state index in [1.807, 2.05) is 0 Å². The minimum atomic E-state index is -3.77. The highest BCUT2D eigenvalue weighted by Gasteiger charge is 2.20. The van der Waals surface area contributed by atoms with Gasteiger partial charge in [-0.05, 0) is 25.1 Å². The molecule has 1 fully saturated rings. The van der Waals surface area contributed by atoms with Gasteiger partial charge in [-0.3, -0.25) is 9.69 Å². The maximum atomic E-state index is 12.0. The molecule has 8 heteroatoms. The van der Waals surface area contributed by atoms with E-state index in [0.717, 1.165) is 19.6 Å². The van der Waals surface area contributed by atoms with Crippen LogP contribution < -0.4 is 15.8 Å². The van der Waals surface area contributed by atoms with Crippen molar-refractivity contribution >= 4 is 21.6 Å². The third-order valence-corrected chi connectivity index (χ3v) is 4.34. The number of sulfonamides is 1. The van der Waals surface area contributed by atoms with Crippen LogP contribution in [-0.2, 0) is 14.8 Å². The molecule has 1 aliphatic rings. The number of hydrogen-bond donors (Lipinski definition) is 3. The summed E-state index contributed by atoms with van der Waals surface area (Å²) >= 11 is 0. The largest absolute Gasteiger partial charge is 0.325 e. The number of amides is 1. The first-order valence-electron chi connectivity index (χ1n) is 6.74. The first-order valence-corrected chi connectivity index (χ1v) is 8.28. The molecule has 0 spiro atoms. The van der Waals surface area contributed by atoms with Gasteiger partial charge in [0.2, 0.25) is 15.9 Å². The highest BCUT2D eigenvalue weighted by atomic mass is 32.2. The maximum absolute atomic E-state index is 12.0. The van der Waals surface area contributed by atoms with E-state index in [9.17, 15) is 13.2 Å². The maximum Gasteiger partial charge on any atom is 0.238 e. The molecule has 0 saturated carbocycles. The summed E-state index contributed by atoms with van der Waals surface area (Å²) in [7, 11) is -3.77. The Morgan fingerprint density at radius 1 is 1.52 bits per heavy atom. The van der Waals surface area contributed by atoms with Crippen molar-refractivity contribution in [2.75, 3.05) is 31.5 Å².